The van der Waals surface area contributed by atoms with Crippen LogP contribution in [0.25, 0.3) is 22.4 Å². The summed E-state index contributed by atoms with van der Waals surface area (Å²) in [5, 5.41) is -0.684. The van der Waals surface area contributed by atoms with Crippen molar-refractivity contribution in [2.45, 2.75) is 44.0 Å². The number of aryl methyl sites for hydroxylation is 1. The van der Waals surface area contributed by atoms with Crippen LogP contribution in [0.1, 0.15) is 41.6 Å². The van der Waals surface area contributed by atoms with Crippen LogP contribution in [0.2, 0.25) is 0 Å². The lowest BCUT2D eigenvalue weighted by Crippen LogP contribution is -2.37. The minimum Gasteiger partial charge on any atom is -0.493 e. The normalized spacial score (nSPS) is 13.8. The molecule has 202 valence electrons. The van der Waals surface area contributed by atoms with E-state index in [-0.39, 0.29) is 35.6 Å². The van der Waals surface area contributed by atoms with Crippen molar-refractivity contribution in [3.05, 3.63) is 75.8 Å². The van der Waals surface area contributed by atoms with E-state index in [0.29, 0.717) is 18.4 Å². The van der Waals surface area contributed by atoms with Crippen molar-refractivity contribution in [3.8, 4) is 28.1 Å². The predicted octanol–water partition coefficient (Wildman–Crippen LogP) is 5.10. The Morgan fingerprint density at radius 3 is 2.37 bits per heavy atom. The van der Waals surface area contributed by atoms with Crippen LogP contribution in [0.5, 0.6) is 5.75 Å². The number of amides is 1. The minimum absolute atomic E-state index is 0.00768. The number of H-pyrrole nitrogens is 1. The number of carbonyl (C=O) groups is 1. The SMILES string of the molecule is Cc1ccc(-c2cc(-c3ccc(OCCCC(F)(F)F)cc3F)[nH]c(=O)c2C(=O)NS(=O)(=O)C2CC2)cc1. The molecule has 0 aliphatic heterocycles. The van der Waals surface area contributed by atoms with Gasteiger partial charge in [0, 0.05) is 23.6 Å². The number of nitrogens with one attached hydrogen (secondary N) is 2. The van der Waals surface area contributed by atoms with Gasteiger partial charge in [0.15, 0.2) is 0 Å². The van der Waals surface area contributed by atoms with Gasteiger partial charge in [-0.25, -0.2) is 17.5 Å². The number of aromatic amines is 1. The molecule has 1 aromatic heterocycles. The molecule has 1 aliphatic carbocycles. The van der Waals surface area contributed by atoms with Crippen LogP contribution in [0.15, 0.2) is 53.3 Å². The van der Waals surface area contributed by atoms with Gasteiger partial charge >= 0.3 is 6.18 Å². The fourth-order valence-electron chi connectivity index (χ4n) is 3.80. The third kappa shape index (κ3) is 6.60. The monoisotopic (exact) mass is 552 g/mol. The molecule has 1 fully saturated rings. The van der Waals surface area contributed by atoms with Gasteiger partial charge in [-0.2, -0.15) is 13.2 Å². The van der Waals surface area contributed by atoms with E-state index in [0.717, 1.165) is 11.6 Å². The maximum absolute atomic E-state index is 15.0. The molecule has 3 aromatic rings. The van der Waals surface area contributed by atoms with Gasteiger partial charge in [-0.1, -0.05) is 29.8 Å². The number of rotatable bonds is 9. The molecule has 1 amide bonds. The van der Waals surface area contributed by atoms with Crippen molar-refractivity contribution in [1.29, 1.82) is 0 Å². The third-order valence-electron chi connectivity index (χ3n) is 5.93. The van der Waals surface area contributed by atoms with Crippen LogP contribution in [0.3, 0.4) is 0 Å². The zero-order chi connectivity index (χ0) is 27.7. The Kier molecular flexibility index (Phi) is 7.63. The van der Waals surface area contributed by atoms with E-state index in [4.69, 9.17) is 4.74 Å². The first-order chi connectivity index (χ1) is 17.8. The molecule has 0 bridgehead atoms. The summed E-state index contributed by atoms with van der Waals surface area (Å²) in [7, 11) is -3.94. The molecule has 1 heterocycles. The zero-order valence-electron chi connectivity index (χ0n) is 20.2. The minimum atomic E-state index is -4.31. The molecule has 2 N–H and O–H groups in total. The molecule has 0 radical (unpaired) electrons. The molecule has 4 rings (SSSR count). The Balaban J connectivity index is 1.68. The maximum Gasteiger partial charge on any atom is 0.389 e. The molecule has 12 heteroatoms. The quantitative estimate of drug-likeness (QED) is 0.284. The summed E-state index contributed by atoms with van der Waals surface area (Å²) in [4.78, 5) is 28.5. The summed E-state index contributed by atoms with van der Waals surface area (Å²) in [5.74, 6) is -1.91. The number of ether oxygens (including phenoxy) is 1. The lowest BCUT2D eigenvalue weighted by atomic mass is 9.97. The summed E-state index contributed by atoms with van der Waals surface area (Å²) in [6.07, 6.45) is -4.79. The Hall–Kier alpha value is -3.67. The summed E-state index contributed by atoms with van der Waals surface area (Å²) in [5.41, 5.74) is 0.0170. The first-order valence-electron chi connectivity index (χ1n) is 11.7. The van der Waals surface area contributed by atoms with Gasteiger partial charge < -0.3 is 9.72 Å². The maximum atomic E-state index is 15.0. The van der Waals surface area contributed by atoms with Gasteiger partial charge in [0.2, 0.25) is 10.0 Å². The number of hydrogen-bond donors (Lipinski definition) is 2. The largest absolute Gasteiger partial charge is 0.493 e. The molecule has 1 saturated carbocycles. The second-order valence-corrected chi connectivity index (χ2v) is 11.0. The average Bonchev–Trinajstić information content (AvgIpc) is 3.67. The highest BCUT2D eigenvalue weighted by Crippen LogP contribution is 2.31. The number of alkyl halides is 3. The lowest BCUT2D eigenvalue weighted by molar-refractivity contribution is -0.136. The molecule has 0 unspecified atom stereocenters. The van der Waals surface area contributed by atoms with Gasteiger partial charge in [0.05, 0.1) is 17.6 Å². The average molecular weight is 553 g/mol. The second kappa shape index (κ2) is 10.6. The Morgan fingerprint density at radius 2 is 1.76 bits per heavy atom. The van der Waals surface area contributed by atoms with E-state index < -0.39 is 50.7 Å². The summed E-state index contributed by atoms with van der Waals surface area (Å²) >= 11 is 0. The molecule has 0 atom stereocenters. The van der Waals surface area contributed by atoms with Crippen molar-refractivity contribution in [2.75, 3.05) is 6.61 Å². The van der Waals surface area contributed by atoms with Gasteiger partial charge in [0.1, 0.15) is 17.1 Å². The smallest absolute Gasteiger partial charge is 0.389 e. The molecule has 0 saturated heterocycles. The van der Waals surface area contributed by atoms with E-state index >= 15 is 0 Å². The van der Waals surface area contributed by atoms with Crippen molar-refractivity contribution < 1.29 is 35.5 Å². The first kappa shape index (κ1) is 27.4. The van der Waals surface area contributed by atoms with Crippen LogP contribution >= 0.6 is 0 Å². The Bertz CT molecular complexity index is 1510. The number of sulfonamides is 1. The van der Waals surface area contributed by atoms with Crippen LogP contribution in [-0.2, 0) is 10.0 Å². The van der Waals surface area contributed by atoms with E-state index in [2.05, 4.69) is 4.98 Å². The molecule has 38 heavy (non-hydrogen) atoms. The van der Waals surface area contributed by atoms with E-state index in [1.807, 2.05) is 11.6 Å². The standard InChI is InChI=1S/C26H24F4N2O5S/c1-15-3-5-16(6-4-15)20-14-22(31-24(33)23(20)25(34)32-38(35,36)18-8-9-18)19-10-7-17(13-21(19)27)37-12-2-11-26(28,29)30/h3-7,10,13-14,18H,2,8-9,11-12H2,1H3,(H,31,33)(H,32,34). The number of benzene rings is 2. The lowest BCUT2D eigenvalue weighted by Gasteiger charge is -2.14. The highest BCUT2D eigenvalue weighted by Gasteiger charge is 2.37. The molecular weight excluding hydrogens is 528 g/mol. The van der Waals surface area contributed by atoms with Gasteiger partial charge in [-0.3, -0.25) is 9.59 Å². The molecule has 2 aromatic carbocycles. The number of aromatic nitrogens is 1. The van der Waals surface area contributed by atoms with Crippen molar-refractivity contribution in [2.24, 2.45) is 0 Å². The van der Waals surface area contributed by atoms with Crippen LogP contribution in [0.4, 0.5) is 17.6 Å². The summed E-state index contributed by atoms with van der Waals surface area (Å²) in [6, 6.07) is 11.8. The highest BCUT2D eigenvalue weighted by molar-refractivity contribution is 7.91. The zero-order valence-corrected chi connectivity index (χ0v) is 21.0. The summed E-state index contributed by atoms with van der Waals surface area (Å²) in [6.45, 7) is 1.57. The Labute approximate surface area is 215 Å². The number of pyridine rings is 1. The van der Waals surface area contributed by atoms with Gasteiger partial charge in [-0.15, -0.1) is 0 Å². The third-order valence-corrected chi connectivity index (χ3v) is 7.74. The predicted molar refractivity (Wildman–Crippen MR) is 133 cm³/mol. The fourth-order valence-corrected chi connectivity index (χ4v) is 5.08. The van der Waals surface area contributed by atoms with Crippen molar-refractivity contribution in [1.82, 2.24) is 9.71 Å². The van der Waals surface area contributed by atoms with Crippen LogP contribution in [-0.4, -0.2) is 37.3 Å². The van der Waals surface area contributed by atoms with E-state index in [1.165, 1.54) is 18.2 Å². The summed E-state index contributed by atoms with van der Waals surface area (Å²) < 4.78 is 83.7. The highest BCUT2D eigenvalue weighted by atomic mass is 32.2. The van der Waals surface area contributed by atoms with Gasteiger partial charge in [0.25, 0.3) is 11.5 Å². The van der Waals surface area contributed by atoms with E-state index in [1.54, 1.807) is 24.3 Å². The second-order valence-electron chi connectivity index (χ2n) is 9.05. The molecule has 7 nitrogen and oxygen atoms in total. The molecular formula is C26H24F4N2O5S. The van der Waals surface area contributed by atoms with Crippen LogP contribution in [0, 0.1) is 12.7 Å². The Morgan fingerprint density at radius 1 is 1.08 bits per heavy atom. The number of carbonyl (C=O) groups excluding carboxylic acids is 1. The first-order valence-corrected chi connectivity index (χ1v) is 13.3. The van der Waals surface area contributed by atoms with E-state index in [9.17, 15) is 35.6 Å². The number of halogens is 4. The molecule has 0 spiro atoms. The van der Waals surface area contributed by atoms with Crippen LogP contribution < -0.4 is 15.0 Å². The van der Waals surface area contributed by atoms with Crippen molar-refractivity contribution in [3.63, 3.8) is 0 Å². The molecule has 1 aliphatic rings. The number of hydrogen-bond acceptors (Lipinski definition) is 5. The fraction of sp³-hybridized carbons (Fsp3) is 0.308. The van der Waals surface area contributed by atoms with Gasteiger partial charge in [-0.05, 0) is 49.9 Å². The topological polar surface area (TPSA) is 105 Å². The van der Waals surface area contributed by atoms with Crippen molar-refractivity contribution >= 4 is 15.9 Å².